The summed E-state index contributed by atoms with van der Waals surface area (Å²) < 4.78 is 32.2. The highest BCUT2D eigenvalue weighted by Gasteiger charge is 2.15. The summed E-state index contributed by atoms with van der Waals surface area (Å²) in [4.78, 5) is 12.1. The van der Waals surface area contributed by atoms with Crippen LogP contribution in [-0.2, 0) is 6.42 Å². The van der Waals surface area contributed by atoms with Gasteiger partial charge in [-0.2, -0.15) is 0 Å². The van der Waals surface area contributed by atoms with Gasteiger partial charge in [0.25, 0.3) is 0 Å². The molecular formula is C15H11BrF2O2. The average Bonchev–Trinajstić information content (AvgIpc) is 2.43. The number of benzene rings is 2. The van der Waals surface area contributed by atoms with Gasteiger partial charge in [0.05, 0.1) is 7.11 Å². The van der Waals surface area contributed by atoms with Crippen LogP contribution in [0.25, 0.3) is 0 Å². The van der Waals surface area contributed by atoms with Crippen molar-refractivity contribution in [3.8, 4) is 5.75 Å². The van der Waals surface area contributed by atoms with Crippen LogP contribution in [0.4, 0.5) is 8.78 Å². The largest absolute Gasteiger partial charge is 0.497 e. The van der Waals surface area contributed by atoms with Gasteiger partial charge < -0.3 is 4.74 Å². The van der Waals surface area contributed by atoms with Gasteiger partial charge in [-0.25, -0.2) is 8.78 Å². The lowest BCUT2D eigenvalue weighted by Crippen LogP contribution is -2.07. The average molecular weight is 341 g/mol. The van der Waals surface area contributed by atoms with Gasteiger partial charge in [0.1, 0.15) is 5.75 Å². The molecule has 0 N–H and O–H groups in total. The fraction of sp³-hybridized carbons (Fsp3) is 0.133. The molecule has 0 spiro atoms. The van der Waals surface area contributed by atoms with Crippen molar-refractivity contribution in [1.29, 1.82) is 0 Å². The van der Waals surface area contributed by atoms with Crippen LogP contribution in [-0.4, -0.2) is 12.9 Å². The van der Waals surface area contributed by atoms with Crippen molar-refractivity contribution >= 4 is 21.7 Å². The summed E-state index contributed by atoms with van der Waals surface area (Å²) in [6.07, 6.45) is -0.200. The van der Waals surface area contributed by atoms with E-state index >= 15 is 0 Å². The molecule has 0 fully saturated rings. The van der Waals surface area contributed by atoms with Crippen molar-refractivity contribution in [3.05, 3.63) is 63.6 Å². The maximum absolute atomic E-state index is 13.5. The van der Waals surface area contributed by atoms with E-state index in [1.807, 2.05) is 0 Å². The van der Waals surface area contributed by atoms with Gasteiger partial charge in [-0.15, -0.1) is 0 Å². The van der Waals surface area contributed by atoms with E-state index < -0.39 is 11.6 Å². The van der Waals surface area contributed by atoms with Crippen molar-refractivity contribution in [3.63, 3.8) is 0 Å². The summed E-state index contributed by atoms with van der Waals surface area (Å²) >= 11 is 3.27. The maximum atomic E-state index is 13.5. The summed E-state index contributed by atoms with van der Waals surface area (Å²) in [5.74, 6) is -1.64. The molecule has 2 aromatic rings. The van der Waals surface area contributed by atoms with Crippen LogP contribution in [0.3, 0.4) is 0 Å². The molecule has 5 heteroatoms. The van der Waals surface area contributed by atoms with Crippen LogP contribution in [0.1, 0.15) is 15.9 Å². The van der Waals surface area contributed by atoms with Crippen LogP contribution < -0.4 is 4.74 Å². The first kappa shape index (κ1) is 14.7. The molecule has 2 nitrogen and oxygen atoms in total. The molecule has 0 heterocycles. The molecule has 0 aliphatic carbocycles. The van der Waals surface area contributed by atoms with Crippen LogP contribution in [0, 0.1) is 11.6 Å². The molecule has 104 valence electrons. The first-order valence-electron chi connectivity index (χ1n) is 5.82. The van der Waals surface area contributed by atoms with Gasteiger partial charge in [-0.1, -0.05) is 12.1 Å². The highest BCUT2D eigenvalue weighted by atomic mass is 79.9. The number of methoxy groups -OCH3 is 1. The number of hydrogen-bond donors (Lipinski definition) is 0. The van der Waals surface area contributed by atoms with Gasteiger partial charge in [0, 0.05) is 16.5 Å². The molecule has 2 aromatic carbocycles. The van der Waals surface area contributed by atoms with E-state index in [0.717, 1.165) is 6.07 Å². The normalized spacial score (nSPS) is 10.4. The summed E-state index contributed by atoms with van der Waals surface area (Å²) in [6.45, 7) is 0. The van der Waals surface area contributed by atoms with E-state index in [-0.39, 0.29) is 17.8 Å². The molecule has 0 atom stereocenters. The van der Waals surface area contributed by atoms with Crippen LogP contribution in [0.5, 0.6) is 5.75 Å². The predicted octanol–water partition coefficient (Wildman–Crippen LogP) is 4.16. The smallest absolute Gasteiger partial charge is 0.168 e. The number of ether oxygens (including phenoxy) is 1. The van der Waals surface area contributed by atoms with E-state index in [9.17, 15) is 13.6 Å². The van der Waals surface area contributed by atoms with Crippen LogP contribution in [0.15, 0.2) is 40.9 Å². The summed E-state index contributed by atoms with van der Waals surface area (Å²) in [5.41, 5.74) is 0.437. The Hall–Kier alpha value is -1.75. The molecule has 0 aromatic heterocycles. The Morgan fingerprint density at radius 1 is 1.25 bits per heavy atom. The maximum Gasteiger partial charge on any atom is 0.168 e. The Kier molecular flexibility index (Phi) is 4.49. The number of Topliss-reactive ketones (excluding diaryl/α,β-unsaturated/α-hetero) is 1. The monoisotopic (exact) mass is 340 g/mol. The lowest BCUT2D eigenvalue weighted by molar-refractivity contribution is 0.0991. The Morgan fingerprint density at radius 3 is 2.65 bits per heavy atom. The Labute approximate surface area is 123 Å². The molecule has 0 amide bonds. The molecule has 2 rings (SSSR count). The number of carbonyl (C=O) groups excluding carboxylic acids is 1. The number of ketones is 1. The molecule has 0 bridgehead atoms. The Morgan fingerprint density at radius 2 is 2.00 bits per heavy atom. The topological polar surface area (TPSA) is 26.3 Å². The first-order valence-corrected chi connectivity index (χ1v) is 6.62. The molecule has 20 heavy (non-hydrogen) atoms. The highest BCUT2D eigenvalue weighted by Crippen LogP contribution is 2.24. The summed E-state index contributed by atoms with van der Waals surface area (Å²) in [7, 11) is 1.52. The van der Waals surface area contributed by atoms with E-state index in [4.69, 9.17) is 4.74 Å². The number of rotatable bonds is 4. The zero-order valence-corrected chi connectivity index (χ0v) is 12.2. The van der Waals surface area contributed by atoms with E-state index in [0.29, 0.717) is 15.8 Å². The van der Waals surface area contributed by atoms with Gasteiger partial charge in [0.2, 0.25) is 0 Å². The molecule has 0 saturated heterocycles. The second kappa shape index (κ2) is 6.13. The minimum absolute atomic E-state index is 0.0396. The van der Waals surface area contributed by atoms with Crippen molar-refractivity contribution in [2.24, 2.45) is 0 Å². The molecule has 0 aliphatic rings. The fourth-order valence-corrected chi connectivity index (χ4v) is 2.38. The second-order valence-corrected chi connectivity index (χ2v) is 5.01. The lowest BCUT2D eigenvalue weighted by atomic mass is 10.0. The number of hydrogen-bond acceptors (Lipinski definition) is 2. The summed E-state index contributed by atoms with van der Waals surface area (Å²) in [6, 6.07) is 8.67. The Balaban J connectivity index is 2.26. The molecule has 0 aliphatic heterocycles. The van der Waals surface area contributed by atoms with Gasteiger partial charge in [-0.3, -0.25) is 4.79 Å². The SMILES string of the molecule is COc1ccc(C(=O)Cc2cccc(F)c2F)c(Br)c1. The van der Waals surface area contributed by atoms with Crippen LogP contribution in [0.2, 0.25) is 0 Å². The zero-order valence-electron chi connectivity index (χ0n) is 10.6. The number of halogens is 3. The number of carbonyl (C=O) groups is 1. The first-order chi connectivity index (χ1) is 9.52. The van der Waals surface area contributed by atoms with Gasteiger partial charge in [0.15, 0.2) is 17.4 Å². The second-order valence-electron chi connectivity index (χ2n) is 4.16. The van der Waals surface area contributed by atoms with Crippen molar-refractivity contribution in [2.45, 2.75) is 6.42 Å². The summed E-state index contributed by atoms with van der Waals surface area (Å²) in [5, 5.41) is 0. The molecule has 0 radical (unpaired) electrons. The van der Waals surface area contributed by atoms with Crippen molar-refractivity contribution < 1.29 is 18.3 Å². The molecular weight excluding hydrogens is 330 g/mol. The van der Waals surface area contributed by atoms with E-state index in [1.54, 1.807) is 18.2 Å². The third-order valence-electron chi connectivity index (χ3n) is 2.86. The Bertz CT molecular complexity index is 656. The van der Waals surface area contributed by atoms with Crippen LogP contribution >= 0.6 is 15.9 Å². The zero-order chi connectivity index (χ0) is 14.7. The standard InChI is InChI=1S/C15H11BrF2O2/c1-20-10-5-6-11(12(16)8-10)14(19)7-9-3-2-4-13(17)15(9)18/h2-6,8H,7H2,1H3. The quantitative estimate of drug-likeness (QED) is 0.781. The van der Waals surface area contributed by atoms with Gasteiger partial charge >= 0.3 is 0 Å². The lowest BCUT2D eigenvalue weighted by Gasteiger charge is -2.07. The minimum atomic E-state index is -0.981. The van der Waals surface area contributed by atoms with Gasteiger partial charge in [-0.05, 0) is 45.8 Å². The van der Waals surface area contributed by atoms with Crippen molar-refractivity contribution in [1.82, 2.24) is 0 Å². The fourth-order valence-electron chi connectivity index (χ4n) is 1.80. The van der Waals surface area contributed by atoms with Crippen molar-refractivity contribution in [2.75, 3.05) is 7.11 Å². The highest BCUT2D eigenvalue weighted by molar-refractivity contribution is 9.10. The van der Waals surface area contributed by atoms with E-state index in [1.165, 1.54) is 19.2 Å². The molecule has 0 unspecified atom stereocenters. The predicted molar refractivity (Wildman–Crippen MR) is 75.1 cm³/mol. The third-order valence-corrected chi connectivity index (χ3v) is 3.52. The minimum Gasteiger partial charge on any atom is -0.497 e. The third kappa shape index (κ3) is 3.04. The van der Waals surface area contributed by atoms with E-state index in [2.05, 4.69) is 15.9 Å². The molecule has 0 saturated carbocycles.